The van der Waals surface area contributed by atoms with Crippen molar-refractivity contribution in [3.05, 3.63) is 29.3 Å². The number of anilines is 1. The standard InChI is InChI=1S/C14H19NO2/c1-10-5-7-15(8-6-10)13-9-12(14(16)17)4-3-11(13)2/h3-4,9-10H,5-8H2,1-2H3,(H,16,17). The monoisotopic (exact) mass is 233 g/mol. The Balaban J connectivity index is 2.25. The molecule has 3 nitrogen and oxygen atoms in total. The lowest BCUT2D eigenvalue weighted by Crippen LogP contribution is -2.33. The summed E-state index contributed by atoms with van der Waals surface area (Å²) < 4.78 is 0. The van der Waals surface area contributed by atoms with Crippen molar-refractivity contribution in [2.24, 2.45) is 5.92 Å². The number of hydrogen-bond donors (Lipinski definition) is 1. The van der Waals surface area contributed by atoms with E-state index in [-0.39, 0.29) is 0 Å². The summed E-state index contributed by atoms with van der Waals surface area (Å²) in [6.07, 6.45) is 2.38. The average Bonchev–Trinajstić information content (AvgIpc) is 2.31. The van der Waals surface area contributed by atoms with E-state index in [1.54, 1.807) is 12.1 Å². The quantitative estimate of drug-likeness (QED) is 0.853. The molecule has 1 aliphatic heterocycles. The molecule has 17 heavy (non-hydrogen) atoms. The molecule has 1 aromatic carbocycles. The highest BCUT2D eigenvalue weighted by atomic mass is 16.4. The molecule has 0 saturated carbocycles. The molecule has 1 aromatic rings. The van der Waals surface area contributed by atoms with Crippen LogP contribution < -0.4 is 4.90 Å². The number of aromatic carboxylic acids is 1. The van der Waals surface area contributed by atoms with Crippen LogP contribution >= 0.6 is 0 Å². The van der Waals surface area contributed by atoms with Gasteiger partial charge >= 0.3 is 5.97 Å². The number of carbonyl (C=O) groups is 1. The Hall–Kier alpha value is -1.51. The number of piperidine rings is 1. The fourth-order valence-corrected chi connectivity index (χ4v) is 2.33. The van der Waals surface area contributed by atoms with Gasteiger partial charge in [-0.05, 0) is 43.4 Å². The summed E-state index contributed by atoms with van der Waals surface area (Å²) >= 11 is 0. The molecule has 92 valence electrons. The fraction of sp³-hybridized carbons (Fsp3) is 0.500. The van der Waals surface area contributed by atoms with E-state index >= 15 is 0 Å². The second-order valence-corrected chi connectivity index (χ2v) is 4.98. The molecular formula is C14H19NO2. The first-order valence-electron chi connectivity index (χ1n) is 6.17. The van der Waals surface area contributed by atoms with E-state index in [4.69, 9.17) is 5.11 Å². The lowest BCUT2D eigenvalue weighted by Gasteiger charge is -2.33. The average molecular weight is 233 g/mol. The maximum Gasteiger partial charge on any atom is 0.335 e. The fourth-order valence-electron chi connectivity index (χ4n) is 2.33. The van der Waals surface area contributed by atoms with Crippen molar-refractivity contribution in [3.8, 4) is 0 Å². The molecule has 1 saturated heterocycles. The van der Waals surface area contributed by atoms with Gasteiger partial charge in [-0.2, -0.15) is 0 Å². The molecule has 0 spiro atoms. The number of benzene rings is 1. The van der Waals surface area contributed by atoms with Crippen molar-refractivity contribution < 1.29 is 9.90 Å². The third-order valence-corrected chi connectivity index (χ3v) is 3.58. The first-order valence-corrected chi connectivity index (χ1v) is 6.17. The smallest absolute Gasteiger partial charge is 0.335 e. The Labute approximate surface area is 102 Å². The van der Waals surface area contributed by atoms with Gasteiger partial charge in [0.25, 0.3) is 0 Å². The van der Waals surface area contributed by atoms with Crippen LogP contribution in [0.15, 0.2) is 18.2 Å². The zero-order chi connectivity index (χ0) is 12.4. The Morgan fingerprint density at radius 2 is 2.00 bits per heavy atom. The second-order valence-electron chi connectivity index (χ2n) is 4.98. The Morgan fingerprint density at radius 1 is 1.35 bits per heavy atom. The summed E-state index contributed by atoms with van der Waals surface area (Å²) in [7, 11) is 0. The predicted molar refractivity (Wildman–Crippen MR) is 68.7 cm³/mol. The van der Waals surface area contributed by atoms with Gasteiger partial charge in [-0.25, -0.2) is 4.79 Å². The van der Waals surface area contributed by atoms with Crippen molar-refractivity contribution >= 4 is 11.7 Å². The molecular weight excluding hydrogens is 214 g/mol. The summed E-state index contributed by atoms with van der Waals surface area (Å²) in [5, 5.41) is 9.02. The molecule has 3 heteroatoms. The highest BCUT2D eigenvalue weighted by molar-refractivity contribution is 5.89. The van der Waals surface area contributed by atoms with Gasteiger partial charge in [-0.3, -0.25) is 0 Å². The minimum absolute atomic E-state index is 0.379. The maximum absolute atomic E-state index is 11.0. The van der Waals surface area contributed by atoms with Crippen LogP contribution in [0.3, 0.4) is 0 Å². The molecule has 2 rings (SSSR count). The highest BCUT2D eigenvalue weighted by Gasteiger charge is 2.18. The van der Waals surface area contributed by atoms with Crippen molar-refractivity contribution in [2.75, 3.05) is 18.0 Å². The first-order chi connectivity index (χ1) is 8.08. The lowest BCUT2D eigenvalue weighted by atomic mass is 9.98. The number of hydrogen-bond acceptors (Lipinski definition) is 2. The molecule has 0 unspecified atom stereocenters. The minimum Gasteiger partial charge on any atom is -0.478 e. The normalized spacial score (nSPS) is 17.2. The summed E-state index contributed by atoms with van der Waals surface area (Å²) in [4.78, 5) is 13.3. The van der Waals surface area contributed by atoms with Gasteiger partial charge in [0.05, 0.1) is 5.56 Å². The van der Waals surface area contributed by atoms with Gasteiger partial charge in [0.2, 0.25) is 0 Å². The van der Waals surface area contributed by atoms with Crippen LogP contribution in [0.1, 0.15) is 35.7 Å². The molecule has 0 amide bonds. The number of carboxylic acid groups (broad SMARTS) is 1. The van der Waals surface area contributed by atoms with E-state index in [2.05, 4.69) is 11.8 Å². The van der Waals surface area contributed by atoms with E-state index in [1.165, 1.54) is 12.8 Å². The lowest BCUT2D eigenvalue weighted by molar-refractivity contribution is 0.0697. The van der Waals surface area contributed by atoms with Gasteiger partial charge in [0.15, 0.2) is 0 Å². The van der Waals surface area contributed by atoms with E-state index in [0.717, 1.165) is 30.3 Å². The third-order valence-electron chi connectivity index (χ3n) is 3.58. The van der Waals surface area contributed by atoms with Gasteiger partial charge in [0.1, 0.15) is 0 Å². The summed E-state index contributed by atoms with van der Waals surface area (Å²) in [6.45, 7) is 6.38. The van der Waals surface area contributed by atoms with Crippen LogP contribution in [0.4, 0.5) is 5.69 Å². The highest BCUT2D eigenvalue weighted by Crippen LogP contribution is 2.26. The Kier molecular flexibility index (Phi) is 3.36. The zero-order valence-corrected chi connectivity index (χ0v) is 10.4. The molecule has 0 radical (unpaired) electrons. The predicted octanol–water partition coefficient (Wildman–Crippen LogP) is 2.93. The van der Waals surface area contributed by atoms with Gasteiger partial charge in [0, 0.05) is 18.8 Å². The molecule has 0 bridgehead atoms. The largest absolute Gasteiger partial charge is 0.478 e. The molecule has 0 aromatic heterocycles. The van der Waals surface area contributed by atoms with Gasteiger partial charge < -0.3 is 10.0 Å². The van der Waals surface area contributed by atoms with Crippen molar-refractivity contribution in [3.63, 3.8) is 0 Å². The van der Waals surface area contributed by atoms with E-state index in [0.29, 0.717) is 5.56 Å². The van der Waals surface area contributed by atoms with Crippen LogP contribution in [-0.2, 0) is 0 Å². The number of rotatable bonds is 2. The summed E-state index contributed by atoms with van der Waals surface area (Å²) in [5.41, 5.74) is 2.62. The number of nitrogens with zero attached hydrogens (tertiary/aromatic N) is 1. The third kappa shape index (κ3) is 2.60. The summed E-state index contributed by atoms with van der Waals surface area (Å²) in [6, 6.07) is 5.37. The summed E-state index contributed by atoms with van der Waals surface area (Å²) in [5.74, 6) is -0.0640. The molecule has 1 aliphatic rings. The van der Waals surface area contributed by atoms with Gasteiger partial charge in [-0.1, -0.05) is 13.0 Å². The van der Waals surface area contributed by atoms with E-state index < -0.39 is 5.97 Å². The van der Waals surface area contributed by atoms with Gasteiger partial charge in [-0.15, -0.1) is 0 Å². The Bertz CT molecular complexity index is 420. The number of aryl methyl sites for hydroxylation is 1. The molecule has 1 N–H and O–H groups in total. The van der Waals surface area contributed by atoms with Crippen molar-refractivity contribution in [1.82, 2.24) is 0 Å². The van der Waals surface area contributed by atoms with Crippen molar-refractivity contribution in [2.45, 2.75) is 26.7 Å². The van der Waals surface area contributed by atoms with Crippen molar-refractivity contribution in [1.29, 1.82) is 0 Å². The van der Waals surface area contributed by atoms with Crippen LogP contribution in [0.2, 0.25) is 0 Å². The van der Waals surface area contributed by atoms with Crippen LogP contribution in [0.5, 0.6) is 0 Å². The zero-order valence-electron chi connectivity index (χ0n) is 10.4. The molecule has 0 atom stereocenters. The van der Waals surface area contributed by atoms with Crippen LogP contribution in [0, 0.1) is 12.8 Å². The molecule has 1 fully saturated rings. The molecule has 1 heterocycles. The second kappa shape index (κ2) is 4.78. The topological polar surface area (TPSA) is 40.5 Å². The van der Waals surface area contributed by atoms with E-state index in [1.807, 2.05) is 13.0 Å². The SMILES string of the molecule is Cc1ccc(C(=O)O)cc1N1CCC(C)CC1. The first kappa shape index (κ1) is 12.0. The maximum atomic E-state index is 11.0. The minimum atomic E-state index is -0.850. The van der Waals surface area contributed by atoms with E-state index in [9.17, 15) is 4.79 Å². The Morgan fingerprint density at radius 3 is 2.59 bits per heavy atom. The molecule has 0 aliphatic carbocycles. The number of carboxylic acids is 1. The van der Waals surface area contributed by atoms with Crippen LogP contribution in [0.25, 0.3) is 0 Å². The van der Waals surface area contributed by atoms with Crippen LogP contribution in [-0.4, -0.2) is 24.2 Å².